The van der Waals surface area contributed by atoms with Crippen molar-refractivity contribution in [2.24, 2.45) is 11.8 Å². The van der Waals surface area contributed by atoms with Gasteiger partial charge >= 0.3 is 0 Å². The molecule has 2 unspecified atom stereocenters. The van der Waals surface area contributed by atoms with E-state index in [1.165, 1.54) is 0 Å². The van der Waals surface area contributed by atoms with Gasteiger partial charge in [0.1, 0.15) is 0 Å². The minimum absolute atomic E-state index is 0.256. The number of ether oxygens (including phenoxy) is 1. The van der Waals surface area contributed by atoms with Crippen LogP contribution in [-0.2, 0) is 4.74 Å². The van der Waals surface area contributed by atoms with Crippen molar-refractivity contribution in [1.82, 2.24) is 5.32 Å². The molecular formula is C9H21NO2. The fourth-order valence-electron chi connectivity index (χ4n) is 0.984. The summed E-state index contributed by atoms with van der Waals surface area (Å²) in [5, 5.41) is 12.0. The van der Waals surface area contributed by atoms with Crippen molar-refractivity contribution < 1.29 is 9.84 Å². The molecule has 74 valence electrons. The molecule has 0 amide bonds. The summed E-state index contributed by atoms with van der Waals surface area (Å²) in [6.07, 6.45) is 0. The lowest BCUT2D eigenvalue weighted by Gasteiger charge is -2.13. The molecule has 0 heterocycles. The van der Waals surface area contributed by atoms with Crippen LogP contribution < -0.4 is 5.32 Å². The first-order valence-corrected chi connectivity index (χ1v) is 4.51. The molecule has 2 N–H and O–H groups in total. The van der Waals surface area contributed by atoms with Crippen LogP contribution in [0.5, 0.6) is 0 Å². The highest BCUT2D eigenvalue weighted by molar-refractivity contribution is 4.58. The fourth-order valence-corrected chi connectivity index (χ4v) is 0.984. The van der Waals surface area contributed by atoms with Crippen molar-refractivity contribution >= 4 is 0 Å². The fraction of sp³-hybridized carbons (Fsp3) is 1.00. The molecule has 0 aromatic rings. The van der Waals surface area contributed by atoms with Crippen LogP contribution in [-0.4, -0.2) is 38.5 Å². The van der Waals surface area contributed by atoms with Crippen molar-refractivity contribution in [2.75, 3.05) is 33.4 Å². The summed E-state index contributed by atoms with van der Waals surface area (Å²) in [5.41, 5.74) is 0. The average Bonchev–Trinajstić information content (AvgIpc) is 2.04. The lowest BCUT2D eigenvalue weighted by Crippen LogP contribution is -2.29. The zero-order valence-corrected chi connectivity index (χ0v) is 8.34. The molecule has 0 radical (unpaired) electrons. The molecule has 0 aliphatic rings. The molecule has 0 rings (SSSR count). The quantitative estimate of drug-likeness (QED) is 0.591. The number of nitrogens with one attached hydrogen (secondary N) is 1. The van der Waals surface area contributed by atoms with Gasteiger partial charge in [-0.3, -0.25) is 0 Å². The zero-order valence-electron chi connectivity index (χ0n) is 8.34. The van der Waals surface area contributed by atoms with Gasteiger partial charge in [0, 0.05) is 20.3 Å². The van der Waals surface area contributed by atoms with E-state index in [-0.39, 0.29) is 6.61 Å². The van der Waals surface area contributed by atoms with Crippen molar-refractivity contribution in [1.29, 1.82) is 0 Å². The Hall–Kier alpha value is -0.120. The Morgan fingerprint density at radius 3 is 2.33 bits per heavy atom. The summed E-state index contributed by atoms with van der Waals surface area (Å²) in [6.45, 7) is 7.04. The van der Waals surface area contributed by atoms with Gasteiger partial charge in [0.25, 0.3) is 0 Å². The third kappa shape index (κ3) is 6.58. The molecule has 0 saturated heterocycles. The van der Waals surface area contributed by atoms with Gasteiger partial charge in [-0.2, -0.15) is 0 Å². The second kappa shape index (κ2) is 7.53. The van der Waals surface area contributed by atoms with Crippen molar-refractivity contribution in [3.8, 4) is 0 Å². The maximum Gasteiger partial charge on any atom is 0.0499 e. The van der Waals surface area contributed by atoms with Crippen molar-refractivity contribution in [2.45, 2.75) is 13.8 Å². The maximum absolute atomic E-state index is 8.74. The number of hydrogen-bond acceptors (Lipinski definition) is 3. The van der Waals surface area contributed by atoms with E-state index in [1.807, 2.05) is 6.92 Å². The predicted molar refractivity (Wildman–Crippen MR) is 50.2 cm³/mol. The first-order chi connectivity index (χ1) is 5.70. The Morgan fingerprint density at radius 2 is 1.83 bits per heavy atom. The summed E-state index contributed by atoms with van der Waals surface area (Å²) in [7, 11) is 1.72. The van der Waals surface area contributed by atoms with Crippen LogP contribution in [0.15, 0.2) is 0 Å². The number of methoxy groups -OCH3 is 1. The first-order valence-electron chi connectivity index (χ1n) is 4.51. The standard InChI is InChI=1S/C9H21NO2/c1-8(6-11)4-10-5-9(2)7-12-3/h8-11H,4-7H2,1-3H3. The van der Waals surface area contributed by atoms with E-state index in [9.17, 15) is 0 Å². The van der Waals surface area contributed by atoms with Crippen LogP contribution >= 0.6 is 0 Å². The highest BCUT2D eigenvalue weighted by Gasteiger charge is 2.02. The smallest absolute Gasteiger partial charge is 0.0499 e. The van der Waals surface area contributed by atoms with Gasteiger partial charge in [0.2, 0.25) is 0 Å². The summed E-state index contributed by atoms with van der Waals surface area (Å²) in [4.78, 5) is 0. The minimum Gasteiger partial charge on any atom is -0.396 e. The maximum atomic E-state index is 8.74. The predicted octanol–water partition coefficient (Wildman–Crippen LogP) is 0.487. The molecule has 0 bridgehead atoms. The van der Waals surface area contributed by atoms with E-state index in [1.54, 1.807) is 7.11 Å². The molecule has 2 atom stereocenters. The summed E-state index contributed by atoms with van der Waals surface area (Å²) >= 11 is 0. The molecule has 0 spiro atoms. The van der Waals surface area contributed by atoms with E-state index in [4.69, 9.17) is 9.84 Å². The van der Waals surface area contributed by atoms with Gasteiger partial charge in [-0.15, -0.1) is 0 Å². The summed E-state index contributed by atoms with van der Waals surface area (Å²) < 4.78 is 5.00. The van der Waals surface area contributed by atoms with Crippen LogP contribution in [0.1, 0.15) is 13.8 Å². The Kier molecular flexibility index (Phi) is 7.45. The largest absolute Gasteiger partial charge is 0.396 e. The molecule has 3 heteroatoms. The third-order valence-corrected chi connectivity index (χ3v) is 1.75. The molecule has 0 fully saturated rings. The third-order valence-electron chi connectivity index (χ3n) is 1.75. The van der Waals surface area contributed by atoms with E-state index in [0.717, 1.165) is 19.7 Å². The van der Waals surface area contributed by atoms with Gasteiger partial charge in [-0.25, -0.2) is 0 Å². The van der Waals surface area contributed by atoms with Gasteiger partial charge in [0.15, 0.2) is 0 Å². The van der Waals surface area contributed by atoms with Crippen molar-refractivity contribution in [3.05, 3.63) is 0 Å². The Labute approximate surface area is 75.1 Å². The second-order valence-corrected chi connectivity index (χ2v) is 3.51. The van der Waals surface area contributed by atoms with E-state index in [2.05, 4.69) is 12.2 Å². The van der Waals surface area contributed by atoms with Crippen LogP contribution in [0.4, 0.5) is 0 Å². The number of aliphatic hydroxyl groups excluding tert-OH is 1. The molecule has 3 nitrogen and oxygen atoms in total. The normalized spacial score (nSPS) is 16.0. The van der Waals surface area contributed by atoms with E-state index >= 15 is 0 Å². The average molecular weight is 175 g/mol. The van der Waals surface area contributed by atoms with Crippen LogP contribution in [0, 0.1) is 11.8 Å². The molecule has 0 aromatic heterocycles. The number of aliphatic hydroxyl groups is 1. The highest BCUT2D eigenvalue weighted by atomic mass is 16.5. The van der Waals surface area contributed by atoms with E-state index in [0.29, 0.717) is 11.8 Å². The lowest BCUT2D eigenvalue weighted by atomic mass is 10.1. The van der Waals surface area contributed by atoms with Gasteiger partial charge in [0.05, 0.1) is 0 Å². The first kappa shape index (κ1) is 11.9. The van der Waals surface area contributed by atoms with Gasteiger partial charge < -0.3 is 15.2 Å². The van der Waals surface area contributed by atoms with Gasteiger partial charge in [-0.05, 0) is 24.9 Å². The summed E-state index contributed by atoms with van der Waals surface area (Å²) in [6, 6.07) is 0. The topological polar surface area (TPSA) is 41.5 Å². The van der Waals surface area contributed by atoms with Crippen LogP contribution in [0.3, 0.4) is 0 Å². The van der Waals surface area contributed by atoms with Crippen LogP contribution in [0.25, 0.3) is 0 Å². The van der Waals surface area contributed by atoms with Crippen LogP contribution in [0.2, 0.25) is 0 Å². The Balaban J connectivity index is 3.18. The van der Waals surface area contributed by atoms with Crippen molar-refractivity contribution in [3.63, 3.8) is 0 Å². The molecule has 0 aromatic carbocycles. The molecular weight excluding hydrogens is 154 g/mol. The van der Waals surface area contributed by atoms with Gasteiger partial charge in [-0.1, -0.05) is 13.8 Å². The molecule has 0 saturated carbocycles. The molecule has 12 heavy (non-hydrogen) atoms. The molecule has 0 aliphatic carbocycles. The SMILES string of the molecule is COCC(C)CNCC(C)CO. The minimum atomic E-state index is 0.256. The number of hydrogen-bond donors (Lipinski definition) is 2. The van der Waals surface area contributed by atoms with E-state index < -0.39 is 0 Å². The number of rotatable bonds is 7. The molecule has 0 aliphatic heterocycles. The Bertz CT molecular complexity index is 98.5. The Morgan fingerprint density at radius 1 is 1.25 bits per heavy atom. The lowest BCUT2D eigenvalue weighted by molar-refractivity contribution is 0.156. The zero-order chi connectivity index (χ0) is 9.40. The second-order valence-electron chi connectivity index (χ2n) is 3.51. The highest BCUT2D eigenvalue weighted by Crippen LogP contribution is 1.94. The summed E-state index contributed by atoms with van der Waals surface area (Å²) in [5.74, 6) is 0.889. The monoisotopic (exact) mass is 175 g/mol.